The fourth-order valence-electron chi connectivity index (χ4n) is 4.38. The van der Waals surface area contributed by atoms with E-state index in [9.17, 15) is 9.90 Å². The van der Waals surface area contributed by atoms with Crippen molar-refractivity contribution in [3.8, 4) is 0 Å². The number of carboxylic acid groups (broad SMARTS) is 1. The lowest BCUT2D eigenvalue weighted by molar-refractivity contribution is -0.142. The number of likely N-dealkylation sites (tertiary alicyclic amines) is 1. The second kappa shape index (κ2) is 8.73. The van der Waals surface area contributed by atoms with Crippen LogP contribution in [0.4, 0.5) is 0 Å². The van der Waals surface area contributed by atoms with Gasteiger partial charge in [-0.3, -0.25) is 9.69 Å². The van der Waals surface area contributed by atoms with Gasteiger partial charge in [0.2, 0.25) is 0 Å². The molecule has 27 heavy (non-hydrogen) atoms. The molecule has 0 aromatic heterocycles. The van der Waals surface area contributed by atoms with Gasteiger partial charge >= 0.3 is 5.97 Å². The van der Waals surface area contributed by atoms with E-state index in [1.165, 1.54) is 27.8 Å². The lowest BCUT2D eigenvalue weighted by Crippen LogP contribution is -2.36. The largest absolute Gasteiger partial charge is 0.480 e. The Kier molecular flexibility index (Phi) is 6.35. The molecule has 4 heteroatoms. The number of halogens is 1. The molecule has 4 rings (SSSR count). The van der Waals surface area contributed by atoms with Crippen LogP contribution in [0.15, 0.2) is 54.6 Å². The topological polar surface area (TPSA) is 40.5 Å². The Morgan fingerprint density at radius 3 is 2.22 bits per heavy atom. The van der Waals surface area contributed by atoms with Gasteiger partial charge in [-0.25, -0.2) is 0 Å². The second-order valence-corrected chi connectivity index (χ2v) is 7.25. The van der Waals surface area contributed by atoms with Gasteiger partial charge in [0.05, 0.1) is 0 Å². The average molecular weight is 384 g/mol. The van der Waals surface area contributed by atoms with Gasteiger partial charge in [-0.1, -0.05) is 54.6 Å². The summed E-state index contributed by atoms with van der Waals surface area (Å²) in [7, 11) is 0. The lowest BCUT2D eigenvalue weighted by atomic mass is 9.93. The minimum atomic E-state index is -0.680. The number of fused-ring (bicyclic) bond motifs is 2. The van der Waals surface area contributed by atoms with Crippen molar-refractivity contribution in [3.05, 3.63) is 76.9 Å². The fourth-order valence-corrected chi connectivity index (χ4v) is 4.38. The highest BCUT2D eigenvalue weighted by Crippen LogP contribution is 2.33. The standard InChI is InChI=1S/C23H25NO2.ClH/c25-23(26)22-12-6-16-24(22)15-5-11-21-19-9-3-1-7-17(19)13-14-18-8-2-4-10-20(18)21;/h1-4,7-11,22H,5-6,12-16H2,(H,25,26);1H/t22-;/m0./s1. The summed E-state index contributed by atoms with van der Waals surface area (Å²) >= 11 is 0. The maximum absolute atomic E-state index is 11.4. The van der Waals surface area contributed by atoms with Gasteiger partial charge in [-0.2, -0.15) is 0 Å². The molecule has 1 saturated heterocycles. The first-order valence-corrected chi connectivity index (χ1v) is 9.57. The van der Waals surface area contributed by atoms with Crippen molar-refractivity contribution in [1.82, 2.24) is 4.90 Å². The van der Waals surface area contributed by atoms with Gasteiger partial charge in [-0.15, -0.1) is 12.4 Å². The van der Waals surface area contributed by atoms with E-state index in [-0.39, 0.29) is 18.4 Å². The zero-order valence-electron chi connectivity index (χ0n) is 15.4. The van der Waals surface area contributed by atoms with Crippen LogP contribution >= 0.6 is 12.4 Å². The van der Waals surface area contributed by atoms with Crippen molar-refractivity contribution < 1.29 is 9.90 Å². The summed E-state index contributed by atoms with van der Waals surface area (Å²) in [6, 6.07) is 17.1. The molecule has 1 aliphatic carbocycles. The highest BCUT2D eigenvalue weighted by molar-refractivity contribution is 5.85. The average Bonchev–Trinajstić information content (AvgIpc) is 3.07. The van der Waals surface area contributed by atoms with Gasteiger partial charge in [0.25, 0.3) is 0 Å². The maximum atomic E-state index is 11.4. The van der Waals surface area contributed by atoms with Gasteiger partial charge < -0.3 is 5.11 Å². The molecular weight excluding hydrogens is 358 g/mol. The maximum Gasteiger partial charge on any atom is 0.320 e. The van der Waals surface area contributed by atoms with Crippen molar-refractivity contribution in [2.45, 2.75) is 38.1 Å². The van der Waals surface area contributed by atoms with E-state index in [0.717, 1.165) is 45.2 Å². The molecule has 3 nitrogen and oxygen atoms in total. The molecule has 0 bridgehead atoms. The number of carboxylic acids is 1. The molecule has 0 unspecified atom stereocenters. The quantitative estimate of drug-likeness (QED) is 0.840. The Balaban J connectivity index is 0.00000210. The molecule has 1 N–H and O–H groups in total. The zero-order chi connectivity index (χ0) is 17.9. The Labute approximate surface area is 167 Å². The van der Waals surface area contributed by atoms with E-state index >= 15 is 0 Å². The van der Waals surface area contributed by atoms with Crippen molar-refractivity contribution in [3.63, 3.8) is 0 Å². The number of nitrogens with zero attached hydrogens (tertiary/aromatic N) is 1. The van der Waals surface area contributed by atoms with Gasteiger partial charge in [0, 0.05) is 6.54 Å². The number of benzene rings is 2. The molecule has 1 aliphatic heterocycles. The van der Waals surface area contributed by atoms with Gasteiger partial charge in [0.15, 0.2) is 0 Å². The number of carbonyl (C=O) groups is 1. The third-order valence-electron chi connectivity index (χ3n) is 5.69. The first kappa shape index (κ1) is 19.7. The van der Waals surface area contributed by atoms with Crippen molar-refractivity contribution in [2.24, 2.45) is 0 Å². The highest BCUT2D eigenvalue weighted by Gasteiger charge is 2.29. The van der Waals surface area contributed by atoms with Crippen LogP contribution in [0.25, 0.3) is 5.57 Å². The molecule has 2 aromatic carbocycles. The van der Waals surface area contributed by atoms with Crippen LogP contribution in [0.1, 0.15) is 41.5 Å². The van der Waals surface area contributed by atoms with Crippen LogP contribution in [-0.4, -0.2) is 35.1 Å². The van der Waals surface area contributed by atoms with E-state index in [2.05, 4.69) is 59.5 Å². The summed E-state index contributed by atoms with van der Waals surface area (Å²) < 4.78 is 0. The molecule has 0 saturated carbocycles. The summed E-state index contributed by atoms with van der Waals surface area (Å²) in [6.07, 6.45) is 7.09. The molecule has 1 fully saturated rings. The van der Waals surface area contributed by atoms with Crippen LogP contribution in [-0.2, 0) is 17.6 Å². The van der Waals surface area contributed by atoms with Crippen molar-refractivity contribution in [2.75, 3.05) is 13.1 Å². The van der Waals surface area contributed by atoms with Crippen LogP contribution in [0.5, 0.6) is 0 Å². The number of aliphatic carboxylic acids is 1. The first-order chi connectivity index (χ1) is 12.7. The first-order valence-electron chi connectivity index (χ1n) is 9.57. The van der Waals surface area contributed by atoms with E-state index < -0.39 is 5.97 Å². The summed E-state index contributed by atoms with van der Waals surface area (Å²) in [5.74, 6) is -0.680. The van der Waals surface area contributed by atoms with Crippen LogP contribution in [0, 0.1) is 0 Å². The van der Waals surface area contributed by atoms with E-state index in [4.69, 9.17) is 0 Å². The van der Waals surface area contributed by atoms with Crippen LogP contribution in [0.2, 0.25) is 0 Å². The molecule has 0 amide bonds. The van der Waals surface area contributed by atoms with Crippen LogP contribution in [0.3, 0.4) is 0 Å². The Bertz CT molecular complexity index is 796. The Morgan fingerprint density at radius 2 is 1.63 bits per heavy atom. The lowest BCUT2D eigenvalue weighted by Gasteiger charge is -2.20. The molecule has 142 valence electrons. The van der Waals surface area contributed by atoms with E-state index in [1.54, 1.807) is 0 Å². The van der Waals surface area contributed by atoms with Gasteiger partial charge in [-0.05, 0) is 66.5 Å². The summed E-state index contributed by atoms with van der Waals surface area (Å²) in [5.41, 5.74) is 6.76. The molecule has 2 aromatic rings. The third-order valence-corrected chi connectivity index (χ3v) is 5.69. The Morgan fingerprint density at radius 1 is 1.04 bits per heavy atom. The number of hydrogen-bond donors (Lipinski definition) is 1. The summed E-state index contributed by atoms with van der Waals surface area (Å²) in [5, 5.41) is 9.37. The van der Waals surface area contributed by atoms with Gasteiger partial charge in [0.1, 0.15) is 6.04 Å². The van der Waals surface area contributed by atoms with E-state index in [1.807, 2.05) is 0 Å². The smallest absolute Gasteiger partial charge is 0.320 e. The molecule has 2 aliphatic rings. The third kappa shape index (κ3) is 4.10. The summed E-state index contributed by atoms with van der Waals surface area (Å²) in [4.78, 5) is 13.5. The number of hydrogen-bond acceptors (Lipinski definition) is 2. The normalized spacial score (nSPS) is 18.8. The van der Waals surface area contributed by atoms with Crippen molar-refractivity contribution in [1.29, 1.82) is 0 Å². The molecular formula is C23H26ClNO2. The second-order valence-electron chi connectivity index (χ2n) is 7.25. The van der Waals surface area contributed by atoms with Crippen LogP contribution < -0.4 is 0 Å². The fraction of sp³-hybridized carbons (Fsp3) is 0.348. The predicted octanol–water partition coefficient (Wildman–Crippen LogP) is 4.58. The predicted molar refractivity (Wildman–Crippen MR) is 111 cm³/mol. The summed E-state index contributed by atoms with van der Waals surface area (Å²) in [6.45, 7) is 1.71. The molecule has 0 spiro atoms. The highest BCUT2D eigenvalue weighted by atomic mass is 35.5. The minimum Gasteiger partial charge on any atom is -0.480 e. The molecule has 0 radical (unpaired) electrons. The molecule has 1 atom stereocenters. The zero-order valence-corrected chi connectivity index (χ0v) is 16.3. The monoisotopic (exact) mass is 383 g/mol. The molecule has 1 heterocycles. The minimum absolute atomic E-state index is 0. The number of aryl methyl sites for hydroxylation is 2. The van der Waals surface area contributed by atoms with Crippen molar-refractivity contribution >= 4 is 23.9 Å². The SMILES string of the molecule is Cl.O=C(O)[C@@H]1CCCN1CCC=C1c2ccccc2CCc2ccccc21. The number of rotatable bonds is 4. The Hall–Kier alpha value is -2.10. The van der Waals surface area contributed by atoms with E-state index in [0.29, 0.717) is 0 Å².